The summed E-state index contributed by atoms with van der Waals surface area (Å²) in [6, 6.07) is 10.8. The summed E-state index contributed by atoms with van der Waals surface area (Å²) in [5, 5.41) is 0. The van der Waals surface area contributed by atoms with Crippen LogP contribution in [0.3, 0.4) is 0 Å². The fraction of sp³-hybridized carbons (Fsp3) is 0.235. The van der Waals surface area contributed by atoms with Gasteiger partial charge in [-0.15, -0.1) is 0 Å². The molecule has 134 valence electrons. The molecule has 1 N–H and O–H groups in total. The minimum absolute atomic E-state index is 0.0792. The zero-order valence-electron chi connectivity index (χ0n) is 13.8. The lowest BCUT2D eigenvalue weighted by Gasteiger charge is -2.18. The number of esters is 1. The van der Waals surface area contributed by atoms with E-state index in [9.17, 15) is 17.9 Å². The molecule has 25 heavy (non-hydrogen) atoms. The molecule has 0 bridgehead atoms. The summed E-state index contributed by atoms with van der Waals surface area (Å²) in [6.07, 6.45) is 0. The third kappa shape index (κ3) is 5.09. The number of halogens is 1. The van der Waals surface area contributed by atoms with Crippen LogP contribution in [0, 0.1) is 5.82 Å². The van der Waals surface area contributed by atoms with Crippen molar-refractivity contribution in [1.82, 2.24) is 4.31 Å². The Kier molecular flexibility index (Phi) is 6.63. The molecule has 0 aliphatic carbocycles. The van der Waals surface area contributed by atoms with Crippen molar-refractivity contribution >= 4 is 17.2 Å². The highest BCUT2D eigenvalue weighted by molar-refractivity contribution is 7.76. The third-order valence-corrected chi connectivity index (χ3v) is 4.26. The monoisotopic (exact) mass is 367 g/mol. The van der Waals surface area contributed by atoms with Gasteiger partial charge in [0, 0.05) is 18.7 Å². The molecule has 1 unspecified atom stereocenters. The van der Waals surface area contributed by atoms with Crippen LogP contribution in [-0.2, 0) is 29.1 Å². The lowest BCUT2D eigenvalue weighted by molar-refractivity contribution is 0.0600. The van der Waals surface area contributed by atoms with Gasteiger partial charge in [0.2, 0.25) is 11.3 Å². The summed E-state index contributed by atoms with van der Waals surface area (Å²) >= 11 is -2.29. The summed E-state index contributed by atoms with van der Waals surface area (Å²) in [6.45, 7) is 0.0493. The van der Waals surface area contributed by atoms with E-state index in [-0.39, 0.29) is 24.2 Å². The molecule has 0 radical (unpaired) electrons. The van der Waals surface area contributed by atoms with Crippen LogP contribution in [0.25, 0.3) is 0 Å². The lowest BCUT2D eigenvalue weighted by atomic mass is 10.1. The molecular formula is C17H18FNO5S. The van der Waals surface area contributed by atoms with Gasteiger partial charge in [-0.3, -0.25) is 4.55 Å². The standard InChI is InChI=1S/C17H18FNO5S/c1-23-15-7-3-12(4-8-15)10-19(25(21)22)11-14-6-5-13(9-16(14)18)17(20)24-2/h3-9H,10-11H2,1-2H3,(H,21,22). The summed E-state index contributed by atoms with van der Waals surface area (Å²) in [4.78, 5) is 11.4. The van der Waals surface area contributed by atoms with Crippen molar-refractivity contribution < 1.29 is 27.4 Å². The van der Waals surface area contributed by atoms with Crippen molar-refractivity contribution in [3.05, 3.63) is 65.0 Å². The van der Waals surface area contributed by atoms with Gasteiger partial charge in [0.1, 0.15) is 11.6 Å². The number of carbonyl (C=O) groups excluding carboxylic acids is 1. The molecule has 2 aromatic rings. The molecule has 0 aromatic heterocycles. The largest absolute Gasteiger partial charge is 0.497 e. The zero-order chi connectivity index (χ0) is 18.4. The normalized spacial score (nSPS) is 12.0. The Balaban J connectivity index is 2.15. The van der Waals surface area contributed by atoms with Crippen LogP contribution >= 0.6 is 0 Å². The first-order valence-corrected chi connectivity index (χ1v) is 8.36. The van der Waals surface area contributed by atoms with Crippen molar-refractivity contribution in [2.45, 2.75) is 13.1 Å². The van der Waals surface area contributed by atoms with Gasteiger partial charge < -0.3 is 9.47 Å². The lowest BCUT2D eigenvalue weighted by Crippen LogP contribution is -2.25. The van der Waals surface area contributed by atoms with Gasteiger partial charge in [0.25, 0.3) is 0 Å². The maximum Gasteiger partial charge on any atom is 0.337 e. The van der Waals surface area contributed by atoms with Crippen molar-refractivity contribution in [1.29, 1.82) is 0 Å². The van der Waals surface area contributed by atoms with Crippen LogP contribution in [-0.4, -0.2) is 33.3 Å². The highest BCUT2D eigenvalue weighted by Gasteiger charge is 2.17. The molecule has 0 spiro atoms. The Morgan fingerprint density at radius 1 is 1.16 bits per heavy atom. The van der Waals surface area contributed by atoms with Gasteiger partial charge in [-0.2, -0.15) is 4.31 Å². The quantitative estimate of drug-likeness (QED) is 0.602. The van der Waals surface area contributed by atoms with Crippen LogP contribution < -0.4 is 4.74 Å². The maximum absolute atomic E-state index is 14.2. The minimum Gasteiger partial charge on any atom is -0.497 e. The molecular weight excluding hydrogens is 349 g/mol. The number of rotatable bonds is 7. The predicted octanol–water partition coefficient (Wildman–Crippen LogP) is 2.76. The van der Waals surface area contributed by atoms with Crippen molar-refractivity contribution in [2.75, 3.05) is 14.2 Å². The number of hydrogen-bond donors (Lipinski definition) is 1. The average Bonchev–Trinajstić information content (AvgIpc) is 2.62. The molecule has 6 nitrogen and oxygen atoms in total. The van der Waals surface area contributed by atoms with Crippen LogP contribution in [0.1, 0.15) is 21.5 Å². The van der Waals surface area contributed by atoms with E-state index in [1.165, 1.54) is 23.5 Å². The first-order valence-electron chi connectivity index (χ1n) is 7.30. The molecule has 0 heterocycles. The fourth-order valence-electron chi connectivity index (χ4n) is 2.21. The maximum atomic E-state index is 14.2. The molecule has 1 atom stereocenters. The molecule has 0 fully saturated rings. The second-order valence-electron chi connectivity index (χ2n) is 5.17. The Morgan fingerprint density at radius 2 is 1.84 bits per heavy atom. The molecule has 2 aromatic carbocycles. The molecule has 0 amide bonds. The van der Waals surface area contributed by atoms with Gasteiger partial charge in [-0.25, -0.2) is 13.4 Å². The second-order valence-corrected chi connectivity index (χ2v) is 6.15. The van der Waals surface area contributed by atoms with Crippen LogP contribution in [0.2, 0.25) is 0 Å². The van der Waals surface area contributed by atoms with Crippen molar-refractivity contribution in [3.63, 3.8) is 0 Å². The van der Waals surface area contributed by atoms with E-state index in [2.05, 4.69) is 4.74 Å². The van der Waals surface area contributed by atoms with E-state index in [1.54, 1.807) is 31.4 Å². The zero-order valence-corrected chi connectivity index (χ0v) is 14.6. The van der Waals surface area contributed by atoms with Crippen molar-refractivity contribution in [2.24, 2.45) is 0 Å². The van der Waals surface area contributed by atoms with E-state index < -0.39 is 23.1 Å². The Bertz CT molecular complexity index is 766. The average molecular weight is 367 g/mol. The molecule has 0 aliphatic heterocycles. The molecule has 2 rings (SSSR count). The Morgan fingerprint density at radius 3 is 2.36 bits per heavy atom. The highest BCUT2D eigenvalue weighted by Crippen LogP contribution is 2.18. The van der Waals surface area contributed by atoms with Crippen molar-refractivity contribution in [3.8, 4) is 5.75 Å². The van der Waals surface area contributed by atoms with E-state index in [1.807, 2.05) is 0 Å². The van der Waals surface area contributed by atoms with Gasteiger partial charge in [-0.05, 0) is 29.8 Å². The number of ether oxygens (including phenoxy) is 2. The van der Waals surface area contributed by atoms with Crippen LogP contribution in [0.15, 0.2) is 42.5 Å². The molecule has 8 heteroatoms. The van der Waals surface area contributed by atoms with Gasteiger partial charge >= 0.3 is 5.97 Å². The number of nitrogens with zero attached hydrogens (tertiary/aromatic N) is 1. The number of methoxy groups -OCH3 is 2. The van der Waals surface area contributed by atoms with Gasteiger partial charge in [0.15, 0.2) is 0 Å². The third-order valence-electron chi connectivity index (χ3n) is 3.56. The van der Waals surface area contributed by atoms with E-state index in [4.69, 9.17) is 4.74 Å². The molecule has 0 saturated carbocycles. The Hall–Kier alpha value is -2.29. The summed E-state index contributed by atoms with van der Waals surface area (Å²) < 4.78 is 46.0. The van der Waals surface area contributed by atoms with E-state index >= 15 is 0 Å². The second kappa shape index (κ2) is 8.70. The fourth-order valence-corrected chi connectivity index (χ4v) is 2.72. The summed E-state index contributed by atoms with van der Waals surface area (Å²) in [5.41, 5.74) is 1.05. The number of hydrogen-bond acceptors (Lipinski definition) is 4. The first kappa shape index (κ1) is 19.0. The van der Waals surface area contributed by atoms with E-state index in [0.29, 0.717) is 5.75 Å². The van der Waals surface area contributed by atoms with E-state index in [0.717, 1.165) is 11.6 Å². The topological polar surface area (TPSA) is 76.1 Å². The smallest absolute Gasteiger partial charge is 0.337 e. The van der Waals surface area contributed by atoms with Crippen LogP contribution in [0.4, 0.5) is 4.39 Å². The SMILES string of the molecule is COC(=O)c1ccc(CN(Cc2ccc(OC)cc2)S(=O)O)c(F)c1. The minimum atomic E-state index is -2.29. The number of carbonyl (C=O) groups is 1. The summed E-state index contributed by atoms with van der Waals surface area (Å²) in [7, 11) is 2.75. The molecule has 0 saturated heterocycles. The Labute approximate surface area is 147 Å². The van der Waals surface area contributed by atoms with Gasteiger partial charge in [0.05, 0.1) is 19.8 Å². The highest BCUT2D eigenvalue weighted by atomic mass is 32.2. The van der Waals surface area contributed by atoms with Crippen LogP contribution in [0.5, 0.6) is 5.75 Å². The number of benzene rings is 2. The summed E-state index contributed by atoms with van der Waals surface area (Å²) in [5.74, 6) is -0.621. The molecule has 0 aliphatic rings. The predicted molar refractivity (Wildman–Crippen MR) is 90.8 cm³/mol. The first-order chi connectivity index (χ1) is 11.9. The van der Waals surface area contributed by atoms with Gasteiger partial charge in [-0.1, -0.05) is 18.2 Å².